The molecule has 1 aliphatic rings. The third-order valence-corrected chi connectivity index (χ3v) is 6.51. The van der Waals surface area contributed by atoms with Gasteiger partial charge in [-0.1, -0.05) is 20.3 Å². The Kier molecular flexibility index (Phi) is 11.1. The minimum absolute atomic E-state index is 0.245. The molecule has 196 valence electrons. The van der Waals surface area contributed by atoms with E-state index in [1.807, 2.05) is 13.8 Å². The lowest BCUT2D eigenvalue weighted by Crippen LogP contribution is -2.58. The van der Waals surface area contributed by atoms with Crippen molar-refractivity contribution < 1.29 is 24.3 Å². The topological polar surface area (TPSA) is 197 Å². The molecule has 12 heteroatoms. The van der Waals surface area contributed by atoms with Crippen LogP contribution >= 0.6 is 0 Å². The van der Waals surface area contributed by atoms with Gasteiger partial charge in [0.1, 0.15) is 18.1 Å². The Balaban J connectivity index is 2.06. The van der Waals surface area contributed by atoms with E-state index in [4.69, 9.17) is 11.5 Å². The van der Waals surface area contributed by atoms with E-state index in [0.717, 1.165) is 5.69 Å². The van der Waals surface area contributed by atoms with Gasteiger partial charge in [-0.25, -0.2) is 9.78 Å². The van der Waals surface area contributed by atoms with Crippen LogP contribution < -0.4 is 22.1 Å². The number of rotatable bonds is 14. The number of nitrogens with two attached hydrogens (primary N) is 2. The maximum atomic E-state index is 13.2. The first-order chi connectivity index (χ1) is 16.7. The van der Waals surface area contributed by atoms with Crippen molar-refractivity contribution in [3.8, 4) is 0 Å². The molecule has 1 aliphatic heterocycles. The first-order valence-corrected chi connectivity index (χ1v) is 12.3. The van der Waals surface area contributed by atoms with Crippen molar-refractivity contribution in [3.63, 3.8) is 0 Å². The molecule has 0 saturated carbocycles. The first kappa shape index (κ1) is 28.2. The summed E-state index contributed by atoms with van der Waals surface area (Å²) in [4.78, 5) is 59.1. The van der Waals surface area contributed by atoms with Crippen molar-refractivity contribution in [2.75, 3.05) is 13.1 Å². The minimum atomic E-state index is -1.14. The number of carbonyl (C=O) groups is 4. The number of unbranched alkanes of at least 4 members (excludes halogenated alkanes) is 1. The third-order valence-electron chi connectivity index (χ3n) is 6.51. The average Bonchev–Trinajstić information content (AvgIpc) is 3.52. The van der Waals surface area contributed by atoms with Crippen LogP contribution in [-0.4, -0.2) is 80.9 Å². The predicted molar refractivity (Wildman–Crippen MR) is 129 cm³/mol. The van der Waals surface area contributed by atoms with Crippen LogP contribution in [0.2, 0.25) is 0 Å². The van der Waals surface area contributed by atoms with E-state index in [9.17, 15) is 24.3 Å². The second kappa shape index (κ2) is 13.8. The number of aromatic nitrogens is 2. The normalized spacial score (nSPS) is 19.0. The third kappa shape index (κ3) is 8.03. The van der Waals surface area contributed by atoms with Gasteiger partial charge < -0.3 is 37.1 Å². The molecule has 12 nitrogen and oxygen atoms in total. The van der Waals surface area contributed by atoms with Gasteiger partial charge in [0.15, 0.2) is 0 Å². The molecular weight excluding hydrogens is 454 g/mol. The standard InChI is InChI=1S/C23H39N7O5/c1-3-14(2)19(21(32)28-17(23(34)35)7-4-5-9-24)29-20(31)18-8-6-10-30(18)22(33)16(25)11-15-12-26-13-27-15/h12-14,16-19H,3-11,24-25H2,1-2H3,(H,26,27)(H,28,32)(H,29,31)(H,34,35)/t14-,16-,17-,18-,19-/m0/s1. The molecule has 3 amide bonds. The number of hydrogen-bond donors (Lipinski definition) is 6. The zero-order chi connectivity index (χ0) is 26.0. The Bertz CT molecular complexity index is 847. The maximum absolute atomic E-state index is 13.2. The maximum Gasteiger partial charge on any atom is 0.326 e. The van der Waals surface area contributed by atoms with Crippen molar-refractivity contribution in [1.82, 2.24) is 25.5 Å². The molecule has 1 aromatic rings. The van der Waals surface area contributed by atoms with Crippen molar-refractivity contribution in [2.24, 2.45) is 17.4 Å². The summed E-state index contributed by atoms with van der Waals surface area (Å²) in [5.41, 5.74) is 12.3. The lowest BCUT2D eigenvalue weighted by Gasteiger charge is -2.30. The number of aromatic amines is 1. The Morgan fingerprint density at radius 1 is 1.29 bits per heavy atom. The first-order valence-electron chi connectivity index (χ1n) is 12.3. The van der Waals surface area contributed by atoms with Gasteiger partial charge in [-0.3, -0.25) is 14.4 Å². The summed E-state index contributed by atoms with van der Waals surface area (Å²) in [7, 11) is 0. The molecule has 0 bridgehead atoms. The summed E-state index contributed by atoms with van der Waals surface area (Å²) in [5.74, 6) is -2.72. The number of amides is 3. The summed E-state index contributed by atoms with van der Waals surface area (Å²) in [6.07, 6.45) is 6.52. The van der Waals surface area contributed by atoms with E-state index < -0.39 is 42.0 Å². The highest BCUT2D eigenvalue weighted by atomic mass is 16.4. The number of carbonyl (C=O) groups excluding carboxylic acids is 3. The molecular formula is C23H39N7O5. The van der Waals surface area contributed by atoms with Crippen molar-refractivity contribution in [2.45, 2.75) is 83.0 Å². The van der Waals surface area contributed by atoms with Crippen LogP contribution in [0.4, 0.5) is 0 Å². The van der Waals surface area contributed by atoms with Gasteiger partial charge in [-0.2, -0.15) is 0 Å². The molecule has 35 heavy (non-hydrogen) atoms. The van der Waals surface area contributed by atoms with Crippen LogP contribution in [0.25, 0.3) is 0 Å². The smallest absolute Gasteiger partial charge is 0.326 e. The fourth-order valence-electron chi connectivity index (χ4n) is 4.20. The Labute approximate surface area is 205 Å². The Hall–Kier alpha value is -2.99. The van der Waals surface area contributed by atoms with E-state index in [1.165, 1.54) is 11.2 Å². The molecule has 1 fully saturated rings. The highest BCUT2D eigenvalue weighted by Crippen LogP contribution is 2.20. The van der Waals surface area contributed by atoms with Crippen LogP contribution in [0.1, 0.15) is 58.1 Å². The van der Waals surface area contributed by atoms with Crippen LogP contribution in [0.15, 0.2) is 12.5 Å². The fraction of sp³-hybridized carbons (Fsp3) is 0.696. The SMILES string of the molecule is CC[C@H](C)[C@H](NC(=O)[C@@H]1CCCN1C(=O)[C@@H](N)Cc1cnc[nH]1)C(=O)N[C@@H](CCCCN)C(=O)O. The van der Waals surface area contributed by atoms with Crippen LogP contribution in [0.3, 0.4) is 0 Å². The van der Waals surface area contributed by atoms with Crippen LogP contribution in [0, 0.1) is 5.92 Å². The van der Waals surface area contributed by atoms with Gasteiger partial charge in [0.25, 0.3) is 0 Å². The number of imidazole rings is 1. The van der Waals surface area contributed by atoms with E-state index in [0.29, 0.717) is 45.2 Å². The largest absolute Gasteiger partial charge is 0.480 e. The van der Waals surface area contributed by atoms with Crippen molar-refractivity contribution in [1.29, 1.82) is 0 Å². The Morgan fingerprint density at radius 2 is 2.03 bits per heavy atom. The number of H-pyrrole nitrogens is 1. The summed E-state index contributed by atoms with van der Waals surface area (Å²) in [6.45, 7) is 4.53. The number of likely N-dealkylation sites (tertiary alicyclic amines) is 1. The van der Waals surface area contributed by atoms with E-state index in [1.54, 1.807) is 6.20 Å². The molecule has 0 unspecified atom stereocenters. The quantitative estimate of drug-likeness (QED) is 0.186. The summed E-state index contributed by atoms with van der Waals surface area (Å²) >= 11 is 0. The molecule has 0 radical (unpaired) electrons. The van der Waals surface area contributed by atoms with E-state index in [-0.39, 0.29) is 24.7 Å². The fourth-order valence-corrected chi connectivity index (χ4v) is 4.20. The average molecular weight is 494 g/mol. The lowest BCUT2D eigenvalue weighted by molar-refractivity contribution is -0.143. The zero-order valence-electron chi connectivity index (χ0n) is 20.5. The summed E-state index contributed by atoms with van der Waals surface area (Å²) in [5, 5.41) is 14.8. The summed E-state index contributed by atoms with van der Waals surface area (Å²) in [6, 6.07) is -3.57. The molecule has 0 aliphatic carbocycles. The van der Waals surface area contributed by atoms with E-state index in [2.05, 4.69) is 20.6 Å². The monoisotopic (exact) mass is 493 g/mol. The molecule has 2 rings (SSSR count). The summed E-state index contributed by atoms with van der Waals surface area (Å²) < 4.78 is 0. The van der Waals surface area contributed by atoms with Gasteiger partial charge in [0.05, 0.1) is 12.4 Å². The number of nitrogens with zero attached hydrogens (tertiary/aromatic N) is 2. The predicted octanol–water partition coefficient (Wildman–Crippen LogP) is -0.500. The molecule has 1 aromatic heterocycles. The van der Waals surface area contributed by atoms with Gasteiger partial charge in [-0.15, -0.1) is 0 Å². The highest BCUT2D eigenvalue weighted by Gasteiger charge is 2.38. The van der Waals surface area contributed by atoms with Gasteiger partial charge in [0, 0.05) is 24.9 Å². The minimum Gasteiger partial charge on any atom is -0.480 e. The molecule has 0 aromatic carbocycles. The van der Waals surface area contributed by atoms with E-state index >= 15 is 0 Å². The molecule has 5 atom stereocenters. The number of aliphatic carboxylic acids is 1. The highest BCUT2D eigenvalue weighted by molar-refractivity contribution is 5.94. The van der Waals surface area contributed by atoms with Crippen molar-refractivity contribution >= 4 is 23.7 Å². The lowest BCUT2D eigenvalue weighted by atomic mass is 9.97. The van der Waals surface area contributed by atoms with Crippen molar-refractivity contribution in [3.05, 3.63) is 18.2 Å². The Morgan fingerprint density at radius 3 is 2.63 bits per heavy atom. The van der Waals surface area contributed by atoms with Crippen LogP contribution in [-0.2, 0) is 25.6 Å². The second-order valence-electron chi connectivity index (χ2n) is 9.13. The molecule has 2 heterocycles. The number of carboxylic acid groups (broad SMARTS) is 1. The number of hydrogen-bond acceptors (Lipinski definition) is 7. The van der Waals surface area contributed by atoms with Gasteiger partial charge >= 0.3 is 5.97 Å². The second-order valence-corrected chi connectivity index (χ2v) is 9.13. The zero-order valence-corrected chi connectivity index (χ0v) is 20.5. The van der Waals surface area contributed by atoms with Crippen LogP contribution in [0.5, 0.6) is 0 Å². The number of carboxylic acids is 1. The van der Waals surface area contributed by atoms with Gasteiger partial charge in [0.2, 0.25) is 17.7 Å². The molecule has 0 spiro atoms. The molecule has 8 N–H and O–H groups in total. The molecule has 1 saturated heterocycles. The number of nitrogens with one attached hydrogen (secondary N) is 3. The van der Waals surface area contributed by atoms with Gasteiger partial charge in [-0.05, 0) is 44.6 Å².